The second kappa shape index (κ2) is 6.62. The molecule has 3 rings (SSSR count). The zero-order valence-electron chi connectivity index (χ0n) is 14.5. The highest BCUT2D eigenvalue weighted by atomic mass is 16.4. The van der Waals surface area contributed by atoms with E-state index in [0.29, 0.717) is 30.4 Å². The Morgan fingerprint density at radius 1 is 1.40 bits per heavy atom. The van der Waals surface area contributed by atoms with Crippen molar-refractivity contribution in [3.8, 4) is 0 Å². The molecular weight excluding hydrogens is 322 g/mol. The summed E-state index contributed by atoms with van der Waals surface area (Å²) in [7, 11) is 0. The van der Waals surface area contributed by atoms with Crippen molar-refractivity contribution in [3.63, 3.8) is 0 Å². The number of aliphatic carboxylic acids is 1. The summed E-state index contributed by atoms with van der Waals surface area (Å²) in [5, 5.41) is 9.62. The molecule has 3 heterocycles. The largest absolute Gasteiger partial charge is 0.479 e. The molecule has 0 aromatic carbocycles. The number of hydrogen-bond acceptors (Lipinski definition) is 5. The zero-order valence-corrected chi connectivity index (χ0v) is 14.5. The van der Waals surface area contributed by atoms with E-state index in [1.54, 1.807) is 13.0 Å². The summed E-state index contributed by atoms with van der Waals surface area (Å²) in [6, 6.07) is 0.556. The minimum atomic E-state index is -1.11. The van der Waals surface area contributed by atoms with E-state index in [1.165, 1.54) is 11.2 Å². The average molecular weight is 343 g/mol. The van der Waals surface area contributed by atoms with Crippen molar-refractivity contribution < 1.29 is 14.7 Å². The number of hydrogen-bond donors (Lipinski definition) is 2. The first-order valence-corrected chi connectivity index (χ1v) is 8.27. The van der Waals surface area contributed by atoms with Crippen LogP contribution >= 0.6 is 0 Å². The van der Waals surface area contributed by atoms with E-state index in [2.05, 4.69) is 33.8 Å². The number of carbonyl (C=O) groups excluding carboxylic acids is 1. The van der Waals surface area contributed by atoms with Crippen molar-refractivity contribution in [1.29, 1.82) is 0 Å². The second-order valence-electron chi connectivity index (χ2n) is 6.65. The molecule has 132 valence electrons. The lowest BCUT2D eigenvalue weighted by molar-refractivity contribution is -0.143. The summed E-state index contributed by atoms with van der Waals surface area (Å²) in [5.74, 6) is -0.609. The Hall–Kier alpha value is -2.77. The van der Waals surface area contributed by atoms with Gasteiger partial charge in [-0.05, 0) is 25.3 Å². The molecule has 0 saturated carbocycles. The number of nitrogens with zero attached hydrogens (tertiary/aromatic N) is 4. The maximum atomic E-state index is 13.0. The fourth-order valence-corrected chi connectivity index (χ4v) is 3.15. The fourth-order valence-electron chi connectivity index (χ4n) is 3.15. The summed E-state index contributed by atoms with van der Waals surface area (Å²) in [5.41, 5.74) is 2.17. The molecule has 0 aliphatic carbocycles. The number of rotatable bonds is 4. The predicted octanol–water partition coefficient (Wildman–Crippen LogP) is 1.53. The Morgan fingerprint density at radius 2 is 2.16 bits per heavy atom. The molecule has 1 unspecified atom stereocenters. The van der Waals surface area contributed by atoms with E-state index in [-0.39, 0.29) is 5.69 Å². The van der Waals surface area contributed by atoms with Gasteiger partial charge in [-0.15, -0.1) is 0 Å². The lowest BCUT2D eigenvalue weighted by Crippen LogP contribution is -2.44. The number of nitrogens with one attached hydrogen (secondary N) is 1. The maximum absolute atomic E-state index is 13.0. The van der Waals surface area contributed by atoms with Crippen molar-refractivity contribution in [2.75, 3.05) is 6.54 Å². The fraction of sp³-hybridized carbons (Fsp3) is 0.471. The van der Waals surface area contributed by atoms with Gasteiger partial charge in [0, 0.05) is 24.4 Å². The third-order valence-corrected chi connectivity index (χ3v) is 4.15. The van der Waals surface area contributed by atoms with Crippen LogP contribution < -0.4 is 0 Å². The van der Waals surface area contributed by atoms with E-state index < -0.39 is 17.9 Å². The van der Waals surface area contributed by atoms with Crippen LogP contribution in [0.25, 0.3) is 0 Å². The highest BCUT2D eigenvalue weighted by Gasteiger charge is 2.38. The van der Waals surface area contributed by atoms with Crippen LogP contribution in [0.1, 0.15) is 53.3 Å². The summed E-state index contributed by atoms with van der Waals surface area (Å²) in [4.78, 5) is 41.7. The van der Waals surface area contributed by atoms with Crippen LogP contribution in [-0.2, 0) is 17.6 Å². The molecule has 2 aromatic rings. The van der Waals surface area contributed by atoms with Gasteiger partial charge in [0.1, 0.15) is 11.5 Å². The smallest absolute Gasteiger partial charge is 0.332 e. The number of fused-ring (bicyclic) bond motifs is 1. The third kappa shape index (κ3) is 3.38. The normalized spacial score (nSPS) is 16.8. The van der Waals surface area contributed by atoms with Gasteiger partial charge in [-0.3, -0.25) is 4.79 Å². The summed E-state index contributed by atoms with van der Waals surface area (Å²) in [6.07, 6.45) is 2.73. The number of aromatic amines is 1. The molecule has 2 aromatic heterocycles. The summed E-state index contributed by atoms with van der Waals surface area (Å²) >= 11 is 0. The van der Waals surface area contributed by atoms with Gasteiger partial charge < -0.3 is 15.0 Å². The molecule has 8 nitrogen and oxygen atoms in total. The first-order valence-electron chi connectivity index (χ1n) is 8.27. The van der Waals surface area contributed by atoms with E-state index >= 15 is 0 Å². The number of carboxylic acid groups (broad SMARTS) is 1. The van der Waals surface area contributed by atoms with Gasteiger partial charge in [0.05, 0.1) is 12.0 Å². The molecule has 1 atom stereocenters. The first kappa shape index (κ1) is 17.1. The van der Waals surface area contributed by atoms with Crippen LogP contribution in [0.2, 0.25) is 0 Å². The zero-order chi connectivity index (χ0) is 18.1. The van der Waals surface area contributed by atoms with E-state index in [0.717, 1.165) is 17.8 Å². The lowest BCUT2D eigenvalue weighted by atomic mass is 10.0. The Labute approximate surface area is 145 Å². The van der Waals surface area contributed by atoms with Gasteiger partial charge in [-0.1, -0.05) is 13.8 Å². The molecule has 0 radical (unpaired) electrons. The molecule has 0 bridgehead atoms. The van der Waals surface area contributed by atoms with Crippen molar-refractivity contribution in [1.82, 2.24) is 24.8 Å². The Bertz CT molecular complexity index is 814. The van der Waals surface area contributed by atoms with Crippen molar-refractivity contribution >= 4 is 11.9 Å². The van der Waals surface area contributed by atoms with Crippen LogP contribution in [0.3, 0.4) is 0 Å². The van der Waals surface area contributed by atoms with E-state index in [1.807, 2.05) is 0 Å². The van der Waals surface area contributed by atoms with Crippen LogP contribution in [0, 0.1) is 12.8 Å². The average Bonchev–Trinajstić information content (AvgIpc) is 3.00. The second-order valence-corrected chi connectivity index (χ2v) is 6.65. The molecular formula is C17H21N5O3. The molecule has 25 heavy (non-hydrogen) atoms. The lowest BCUT2D eigenvalue weighted by Gasteiger charge is -2.32. The Morgan fingerprint density at radius 3 is 2.84 bits per heavy atom. The van der Waals surface area contributed by atoms with Crippen LogP contribution in [-0.4, -0.2) is 48.4 Å². The predicted molar refractivity (Wildman–Crippen MR) is 89.0 cm³/mol. The van der Waals surface area contributed by atoms with Crippen LogP contribution in [0.15, 0.2) is 12.4 Å². The number of H-pyrrole nitrogens is 1. The molecule has 1 aliphatic rings. The molecule has 0 spiro atoms. The maximum Gasteiger partial charge on any atom is 0.332 e. The van der Waals surface area contributed by atoms with Crippen molar-refractivity contribution in [3.05, 3.63) is 41.0 Å². The molecule has 1 aliphatic heterocycles. The molecule has 0 fully saturated rings. The summed E-state index contributed by atoms with van der Waals surface area (Å²) < 4.78 is 0. The van der Waals surface area contributed by atoms with Gasteiger partial charge in [0.25, 0.3) is 5.91 Å². The molecule has 1 amide bonds. The molecule has 0 saturated heterocycles. The third-order valence-electron chi connectivity index (χ3n) is 4.15. The van der Waals surface area contributed by atoms with Gasteiger partial charge >= 0.3 is 5.97 Å². The minimum absolute atomic E-state index is 0.230. The van der Waals surface area contributed by atoms with Crippen molar-refractivity contribution in [2.24, 2.45) is 5.92 Å². The van der Waals surface area contributed by atoms with Gasteiger partial charge in [0.15, 0.2) is 6.04 Å². The molecule has 2 N–H and O–H groups in total. The minimum Gasteiger partial charge on any atom is -0.479 e. The van der Waals surface area contributed by atoms with Gasteiger partial charge in [0.2, 0.25) is 0 Å². The quantitative estimate of drug-likeness (QED) is 0.870. The van der Waals surface area contributed by atoms with Crippen LogP contribution in [0.4, 0.5) is 0 Å². The van der Waals surface area contributed by atoms with Crippen molar-refractivity contribution in [2.45, 2.75) is 39.7 Å². The standard InChI is InChI=1S/C17H21N5O3/c1-9(2)6-11-7-13(21-10(3)20-11)16(23)22-5-4-12-14(19-8-18-12)15(22)17(24)25/h7-9,15H,4-6H2,1-3H3,(H,18,19)(H,24,25). The summed E-state index contributed by atoms with van der Waals surface area (Å²) in [6.45, 7) is 6.18. The highest BCUT2D eigenvalue weighted by Crippen LogP contribution is 2.28. The number of aryl methyl sites for hydroxylation is 1. The van der Waals surface area contributed by atoms with Gasteiger partial charge in [-0.2, -0.15) is 0 Å². The number of carbonyl (C=O) groups is 2. The number of amides is 1. The monoisotopic (exact) mass is 343 g/mol. The number of carboxylic acids is 1. The SMILES string of the molecule is Cc1nc(CC(C)C)cc(C(=O)N2CCc3[nH]cnc3C2C(=O)O)n1. The Kier molecular flexibility index (Phi) is 4.52. The number of aromatic nitrogens is 4. The van der Waals surface area contributed by atoms with E-state index in [4.69, 9.17) is 0 Å². The Balaban J connectivity index is 1.95. The molecule has 8 heteroatoms. The number of imidazole rings is 1. The topological polar surface area (TPSA) is 112 Å². The van der Waals surface area contributed by atoms with Gasteiger partial charge in [-0.25, -0.2) is 19.7 Å². The van der Waals surface area contributed by atoms with Crippen LogP contribution in [0.5, 0.6) is 0 Å². The van der Waals surface area contributed by atoms with E-state index in [9.17, 15) is 14.7 Å². The first-order chi connectivity index (χ1) is 11.9. The highest BCUT2D eigenvalue weighted by molar-refractivity contribution is 5.95.